The Kier molecular flexibility index (Phi) is 13.2. The first-order chi connectivity index (χ1) is 36.7. The topological polar surface area (TPSA) is 3.24 Å². The van der Waals surface area contributed by atoms with E-state index in [0.29, 0.717) is 0 Å². The van der Waals surface area contributed by atoms with Gasteiger partial charge < -0.3 is 4.90 Å². The van der Waals surface area contributed by atoms with Gasteiger partial charge in [0.05, 0.1) is 11.4 Å². The molecular weight excluding hydrogens is 924 g/mol. The van der Waals surface area contributed by atoms with Crippen LogP contribution in [0.5, 0.6) is 0 Å². The van der Waals surface area contributed by atoms with Crippen LogP contribution < -0.4 is 37.7 Å². The van der Waals surface area contributed by atoms with Crippen molar-refractivity contribution >= 4 is 74.0 Å². The molecule has 0 bridgehead atoms. The highest BCUT2D eigenvalue weighted by molar-refractivity contribution is 6.96. The number of para-hydroxylation sites is 1. The Morgan fingerprint density at radius 1 is 0.273 bits per heavy atom. The van der Waals surface area contributed by atoms with Crippen LogP contribution in [-0.2, 0) is 21.7 Å². The Bertz CT molecular complexity index is 3600. The van der Waals surface area contributed by atoms with E-state index in [-0.39, 0.29) is 35.1 Å². The van der Waals surface area contributed by atoms with Crippen molar-refractivity contribution in [2.45, 2.75) is 105 Å². The second kappa shape index (κ2) is 19.8. The summed E-state index contributed by atoms with van der Waals surface area (Å²) in [5.74, 6) is 0. The van der Waals surface area contributed by atoms with Crippen LogP contribution in [-0.4, -0.2) is 13.4 Å². The zero-order valence-corrected chi connectivity index (χ0v) is 47.5. The fourth-order valence-corrected chi connectivity index (χ4v) is 11.7. The summed E-state index contributed by atoms with van der Waals surface area (Å²) < 4.78 is 0. The summed E-state index contributed by atoms with van der Waals surface area (Å²) in [5, 5.41) is 2.53. The Morgan fingerprint density at radius 2 is 0.623 bits per heavy atom. The van der Waals surface area contributed by atoms with E-state index in [2.05, 4.69) is 312 Å². The first-order valence-electron chi connectivity index (χ1n) is 27.9. The summed E-state index contributed by atoms with van der Waals surface area (Å²) in [4.78, 5) is 2.48. The van der Waals surface area contributed by atoms with Crippen molar-refractivity contribution in [3.63, 3.8) is 0 Å². The Labute approximate surface area is 461 Å². The molecular formula is C74H73B2N. The van der Waals surface area contributed by atoms with Crippen LogP contribution in [0.25, 0.3) is 44.2 Å². The third-order valence-electron chi connectivity index (χ3n) is 16.4. The number of anilines is 3. The molecule has 0 radical (unpaired) electrons. The van der Waals surface area contributed by atoms with E-state index in [1.807, 2.05) is 0 Å². The second-order valence-corrected chi connectivity index (χ2v) is 25.9. The molecule has 0 unspecified atom stereocenters. The van der Waals surface area contributed by atoms with Gasteiger partial charge in [0, 0.05) is 16.6 Å². The zero-order valence-electron chi connectivity index (χ0n) is 47.5. The monoisotopic (exact) mass is 998 g/mol. The van der Waals surface area contributed by atoms with Crippen LogP contribution in [0.4, 0.5) is 17.1 Å². The van der Waals surface area contributed by atoms with Gasteiger partial charge in [0.1, 0.15) is 0 Å². The summed E-state index contributed by atoms with van der Waals surface area (Å²) in [5.41, 5.74) is 24.4. The standard InChI is InChI=1S/C74H73B2N/c1-71(2,3)53-26-38-59(39-27-53)75(60-40-28-54(29-41-60)72(4,5)6)57-34-21-50(22-35-57)52-25-46-65-67-48-47-64(66-19-16-20-68(70(66)67)77(69(65)49-52)63-17-14-13-15-18-63)51-23-36-58(37-24-51)76(61-42-30-55(31-43-61)73(7,8)9)62-44-32-56(33-45-62)74(10,11)12/h13-49H,1-12H3. The van der Waals surface area contributed by atoms with E-state index in [4.69, 9.17) is 0 Å². The molecule has 0 aliphatic carbocycles. The van der Waals surface area contributed by atoms with Gasteiger partial charge in [0.15, 0.2) is 0 Å². The van der Waals surface area contributed by atoms with Gasteiger partial charge in [-0.3, -0.25) is 0 Å². The van der Waals surface area contributed by atoms with E-state index >= 15 is 0 Å². The fourth-order valence-electron chi connectivity index (χ4n) is 11.7. The highest BCUT2D eigenvalue weighted by Crippen LogP contribution is 2.53. The van der Waals surface area contributed by atoms with Crippen LogP contribution >= 0.6 is 0 Å². The highest BCUT2D eigenvalue weighted by atomic mass is 15.2. The summed E-state index contributed by atoms with van der Waals surface area (Å²) >= 11 is 0. The molecule has 10 aromatic carbocycles. The van der Waals surface area contributed by atoms with E-state index in [9.17, 15) is 0 Å². The molecule has 1 aliphatic rings. The first-order valence-corrected chi connectivity index (χ1v) is 27.9. The maximum atomic E-state index is 2.48. The summed E-state index contributed by atoms with van der Waals surface area (Å²) in [6.45, 7) is 27.7. The lowest BCUT2D eigenvalue weighted by molar-refractivity contribution is 0.590. The normalized spacial score (nSPS) is 12.6. The smallest absolute Gasteiger partial charge is 0.241 e. The molecule has 1 aliphatic heterocycles. The van der Waals surface area contributed by atoms with E-state index in [1.54, 1.807) is 0 Å². The minimum Gasteiger partial charge on any atom is -0.309 e. The van der Waals surface area contributed by atoms with E-state index in [1.165, 1.54) is 111 Å². The van der Waals surface area contributed by atoms with Gasteiger partial charge >= 0.3 is 0 Å². The zero-order chi connectivity index (χ0) is 54.0. The Hall–Kier alpha value is -7.61. The van der Waals surface area contributed by atoms with E-state index < -0.39 is 0 Å². The summed E-state index contributed by atoms with van der Waals surface area (Å²) in [6, 6.07) is 85.6. The summed E-state index contributed by atoms with van der Waals surface area (Å²) in [7, 11) is 0. The molecule has 3 heteroatoms. The van der Waals surface area contributed by atoms with Crippen molar-refractivity contribution in [1.82, 2.24) is 0 Å². The van der Waals surface area contributed by atoms with Crippen LogP contribution in [0.3, 0.4) is 0 Å². The van der Waals surface area contributed by atoms with Crippen LogP contribution in [0.2, 0.25) is 0 Å². The van der Waals surface area contributed by atoms with Crippen LogP contribution in [0.15, 0.2) is 224 Å². The van der Waals surface area contributed by atoms with E-state index in [0.717, 1.165) is 5.69 Å². The minimum absolute atomic E-state index is 0.0885. The first kappa shape index (κ1) is 51.5. The van der Waals surface area contributed by atoms with Gasteiger partial charge in [-0.15, -0.1) is 0 Å². The van der Waals surface area contributed by atoms with Crippen molar-refractivity contribution in [2.24, 2.45) is 0 Å². The van der Waals surface area contributed by atoms with Crippen molar-refractivity contribution in [3.05, 3.63) is 247 Å². The molecule has 0 aromatic heterocycles. The molecule has 1 nitrogen and oxygen atoms in total. The SMILES string of the molecule is CC(C)(C)c1ccc(B(c2ccc(-c3ccc4c(c3)N(c3ccccc3)c3cccc5c(-c6ccc(B(c7ccc(C(C)(C)C)cc7)c7ccc(C(C)(C)C)cc7)cc6)ccc-4c35)cc2)c2ccc(C(C)(C)C)cc2)cc1. The molecule has 0 amide bonds. The number of fused-ring (bicyclic) bond motifs is 2. The predicted molar refractivity (Wildman–Crippen MR) is 338 cm³/mol. The Balaban J connectivity index is 0.963. The molecule has 10 aromatic rings. The number of nitrogens with zero attached hydrogens (tertiary/aromatic N) is 1. The Morgan fingerprint density at radius 3 is 1.03 bits per heavy atom. The molecule has 1 heterocycles. The number of rotatable bonds is 9. The maximum absolute atomic E-state index is 2.48. The molecule has 380 valence electrons. The summed E-state index contributed by atoms with van der Waals surface area (Å²) in [6.07, 6.45) is 0. The quantitative estimate of drug-likeness (QED) is 0.130. The minimum atomic E-state index is 0.0885. The molecule has 0 saturated heterocycles. The predicted octanol–water partition coefficient (Wildman–Crippen LogP) is 15.8. The third kappa shape index (κ3) is 10.1. The third-order valence-corrected chi connectivity index (χ3v) is 16.4. The lowest BCUT2D eigenvalue weighted by Crippen LogP contribution is -2.52. The molecule has 0 saturated carbocycles. The van der Waals surface area contributed by atoms with Crippen molar-refractivity contribution < 1.29 is 0 Å². The van der Waals surface area contributed by atoms with Gasteiger partial charge in [-0.05, 0) is 101 Å². The molecule has 0 spiro atoms. The lowest BCUT2D eigenvalue weighted by atomic mass is 9.36. The van der Waals surface area contributed by atoms with Gasteiger partial charge in [-0.1, -0.05) is 316 Å². The molecule has 77 heavy (non-hydrogen) atoms. The number of benzene rings is 10. The highest BCUT2D eigenvalue weighted by Gasteiger charge is 2.30. The largest absolute Gasteiger partial charge is 0.309 e. The second-order valence-electron chi connectivity index (χ2n) is 25.9. The van der Waals surface area contributed by atoms with Crippen LogP contribution in [0.1, 0.15) is 105 Å². The number of hydrogen-bond acceptors (Lipinski definition) is 1. The van der Waals surface area contributed by atoms with Gasteiger partial charge in [-0.25, -0.2) is 0 Å². The number of hydrogen-bond donors (Lipinski definition) is 0. The van der Waals surface area contributed by atoms with Crippen LogP contribution in [0, 0.1) is 0 Å². The average molecular weight is 998 g/mol. The lowest BCUT2D eigenvalue weighted by Gasteiger charge is -2.34. The van der Waals surface area contributed by atoms with Crippen molar-refractivity contribution in [2.75, 3.05) is 4.90 Å². The molecule has 11 rings (SSSR count). The average Bonchev–Trinajstić information content (AvgIpc) is 3.46. The molecule has 0 atom stereocenters. The fraction of sp³-hybridized carbons (Fsp3) is 0.216. The molecule has 0 N–H and O–H groups in total. The van der Waals surface area contributed by atoms with Gasteiger partial charge in [0.25, 0.3) is 0 Å². The van der Waals surface area contributed by atoms with Crippen molar-refractivity contribution in [3.8, 4) is 33.4 Å². The maximum Gasteiger partial charge on any atom is 0.241 e. The van der Waals surface area contributed by atoms with Gasteiger partial charge in [-0.2, -0.15) is 0 Å². The van der Waals surface area contributed by atoms with Gasteiger partial charge in [0.2, 0.25) is 13.4 Å². The van der Waals surface area contributed by atoms with Crippen molar-refractivity contribution in [1.29, 1.82) is 0 Å². The molecule has 0 fully saturated rings.